The molecule has 0 fully saturated rings. The van der Waals surface area contributed by atoms with Gasteiger partial charge in [0.1, 0.15) is 6.33 Å². The van der Waals surface area contributed by atoms with E-state index in [-0.39, 0.29) is 11.5 Å². The Hall–Kier alpha value is -2.50. The predicted octanol–water partition coefficient (Wildman–Crippen LogP) is 2.79. The topological polar surface area (TPSA) is 81.0 Å². The van der Waals surface area contributed by atoms with Crippen molar-refractivity contribution in [2.75, 3.05) is 11.9 Å². The molecule has 2 rings (SSSR count). The third kappa shape index (κ3) is 2.67. The quantitative estimate of drug-likeness (QED) is 0.673. The maximum Gasteiger partial charge on any atom is 0.337 e. The Kier molecular flexibility index (Phi) is 3.70. The Morgan fingerprint density at radius 2 is 1.95 bits per heavy atom. The van der Waals surface area contributed by atoms with Crippen molar-refractivity contribution >= 4 is 11.5 Å². The zero-order valence-corrected chi connectivity index (χ0v) is 10.8. The van der Waals surface area contributed by atoms with Crippen LogP contribution in [-0.4, -0.2) is 21.4 Å². The molecule has 98 valence electrons. The lowest BCUT2D eigenvalue weighted by Crippen LogP contribution is -2.06. The van der Waals surface area contributed by atoms with Gasteiger partial charge in [-0.1, -0.05) is 29.8 Å². The molecule has 0 spiro atoms. The van der Waals surface area contributed by atoms with Gasteiger partial charge in [0.15, 0.2) is 5.69 Å². The summed E-state index contributed by atoms with van der Waals surface area (Å²) >= 11 is 0. The number of hydrogen-bond donors (Lipinski definition) is 1. The fourth-order valence-electron chi connectivity index (χ4n) is 1.77. The SMILES string of the molecule is CCNc1ncnc(-c2ccc(C)cc2)c1[N+](=O)[O-]. The van der Waals surface area contributed by atoms with Gasteiger partial charge < -0.3 is 5.32 Å². The van der Waals surface area contributed by atoms with Crippen LogP contribution in [0.1, 0.15) is 12.5 Å². The minimum absolute atomic E-state index is 0.0896. The summed E-state index contributed by atoms with van der Waals surface area (Å²) in [5, 5.41) is 14.1. The number of aryl methyl sites for hydroxylation is 1. The lowest BCUT2D eigenvalue weighted by molar-refractivity contribution is -0.383. The van der Waals surface area contributed by atoms with Crippen molar-refractivity contribution in [2.45, 2.75) is 13.8 Å². The molecule has 1 heterocycles. The molecule has 0 aliphatic heterocycles. The number of hydrogen-bond acceptors (Lipinski definition) is 5. The third-order valence-corrected chi connectivity index (χ3v) is 2.67. The molecule has 0 atom stereocenters. The third-order valence-electron chi connectivity index (χ3n) is 2.67. The monoisotopic (exact) mass is 258 g/mol. The summed E-state index contributed by atoms with van der Waals surface area (Å²) in [6.07, 6.45) is 1.33. The first-order chi connectivity index (χ1) is 9.13. The summed E-state index contributed by atoms with van der Waals surface area (Å²) in [4.78, 5) is 18.8. The fourth-order valence-corrected chi connectivity index (χ4v) is 1.77. The summed E-state index contributed by atoms with van der Waals surface area (Å²) in [6.45, 7) is 4.38. The van der Waals surface area contributed by atoms with Crippen molar-refractivity contribution in [3.8, 4) is 11.3 Å². The molecule has 19 heavy (non-hydrogen) atoms. The van der Waals surface area contributed by atoms with Crippen LogP contribution in [0.25, 0.3) is 11.3 Å². The normalized spacial score (nSPS) is 10.2. The van der Waals surface area contributed by atoms with Crippen molar-refractivity contribution in [2.24, 2.45) is 0 Å². The van der Waals surface area contributed by atoms with Gasteiger partial charge in [-0.2, -0.15) is 0 Å². The summed E-state index contributed by atoms with van der Waals surface area (Å²) < 4.78 is 0. The number of nitrogens with zero attached hydrogens (tertiary/aromatic N) is 3. The second-order valence-corrected chi connectivity index (χ2v) is 4.07. The van der Waals surface area contributed by atoms with Crippen LogP contribution in [-0.2, 0) is 0 Å². The second-order valence-electron chi connectivity index (χ2n) is 4.07. The van der Waals surface area contributed by atoms with E-state index >= 15 is 0 Å². The summed E-state index contributed by atoms with van der Waals surface area (Å²) in [5.41, 5.74) is 2.04. The van der Waals surface area contributed by atoms with Gasteiger partial charge in [-0.05, 0) is 13.8 Å². The van der Waals surface area contributed by atoms with Gasteiger partial charge in [-0.25, -0.2) is 9.97 Å². The van der Waals surface area contributed by atoms with Crippen LogP contribution in [0.5, 0.6) is 0 Å². The maximum atomic E-state index is 11.2. The van der Waals surface area contributed by atoms with Gasteiger partial charge in [0.05, 0.1) is 4.92 Å². The Morgan fingerprint density at radius 1 is 1.26 bits per heavy atom. The highest BCUT2D eigenvalue weighted by molar-refractivity contribution is 5.76. The molecular weight excluding hydrogens is 244 g/mol. The van der Waals surface area contributed by atoms with Crippen LogP contribution in [0.4, 0.5) is 11.5 Å². The van der Waals surface area contributed by atoms with Crippen LogP contribution < -0.4 is 5.32 Å². The van der Waals surface area contributed by atoms with E-state index in [0.717, 1.165) is 5.56 Å². The van der Waals surface area contributed by atoms with Crippen LogP contribution in [0.2, 0.25) is 0 Å². The number of rotatable bonds is 4. The average Bonchev–Trinajstić information content (AvgIpc) is 2.39. The Bertz CT molecular complexity index is 596. The van der Waals surface area contributed by atoms with E-state index in [1.54, 1.807) is 0 Å². The van der Waals surface area contributed by atoms with E-state index in [1.165, 1.54) is 6.33 Å². The van der Waals surface area contributed by atoms with Crippen molar-refractivity contribution in [3.63, 3.8) is 0 Å². The van der Waals surface area contributed by atoms with E-state index in [4.69, 9.17) is 0 Å². The van der Waals surface area contributed by atoms with Crippen molar-refractivity contribution in [3.05, 3.63) is 46.3 Å². The molecule has 0 radical (unpaired) electrons. The smallest absolute Gasteiger partial charge is 0.337 e. The number of aromatic nitrogens is 2. The molecule has 0 unspecified atom stereocenters. The minimum atomic E-state index is -0.451. The highest BCUT2D eigenvalue weighted by atomic mass is 16.6. The maximum absolute atomic E-state index is 11.2. The molecule has 2 aromatic rings. The van der Waals surface area contributed by atoms with Crippen LogP contribution in [0, 0.1) is 17.0 Å². The Labute approximate surface area is 110 Å². The fraction of sp³-hybridized carbons (Fsp3) is 0.231. The molecule has 6 nitrogen and oxygen atoms in total. The number of anilines is 1. The van der Waals surface area contributed by atoms with Gasteiger partial charge >= 0.3 is 5.69 Å². The largest absolute Gasteiger partial charge is 0.365 e. The lowest BCUT2D eigenvalue weighted by atomic mass is 10.1. The summed E-state index contributed by atoms with van der Waals surface area (Å²) in [7, 11) is 0. The van der Waals surface area contributed by atoms with Gasteiger partial charge in [0, 0.05) is 12.1 Å². The van der Waals surface area contributed by atoms with Gasteiger partial charge in [-0.15, -0.1) is 0 Å². The van der Waals surface area contributed by atoms with Crippen molar-refractivity contribution in [1.29, 1.82) is 0 Å². The molecule has 0 amide bonds. The van der Waals surface area contributed by atoms with E-state index < -0.39 is 4.92 Å². The lowest BCUT2D eigenvalue weighted by Gasteiger charge is -2.07. The van der Waals surface area contributed by atoms with E-state index in [0.29, 0.717) is 17.8 Å². The number of benzene rings is 1. The number of nitro groups is 1. The average molecular weight is 258 g/mol. The molecule has 1 aromatic heterocycles. The minimum Gasteiger partial charge on any atom is -0.365 e. The molecule has 1 aromatic carbocycles. The summed E-state index contributed by atoms with van der Waals surface area (Å²) in [5.74, 6) is 0.248. The number of nitrogens with one attached hydrogen (secondary N) is 1. The molecule has 0 saturated heterocycles. The van der Waals surface area contributed by atoms with Crippen molar-refractivity contribution in [1.82, 2.24) is 9.97 Å². The van der Waals surface area contributed by atoms with Gasteiger partial charge in [0.2, 0.25) is 5.82 Å². The Balaban J connectivity index is 2.59. The van der Waals surface area contributed by atoms with E-state index in [1.807, 2.05) is 38.1 Å². The van der Waals surface area contributed by atoms with E-state index in [2.05, 4.69) is 15.3 Å². The molecule has 0 aliphatic rings. The first-order valence-corrected chi connectivity index (χ1v) is 5.93. The highest BCUT2D eigenvalue weighted by Crippen LogP contribution is 2.32. The predicted molar refractivity (Wildman–Crippen MR) is 73.0 cm³/mol. The Morgan fingerprint density at radius 3 is 2.53 bits per heavy atom. The molecule has 0 saturated carbocycles. The zero-order valence-electron chi connectivity index (χ0n) is 10.8. The standard InChI is InChI=1S/C13H14N4O2/c1-3-14-13-12(17(18)19)11(15-8-16-13)10-6-4-9(2)5-7-10/h4-8H,3H2,1-2H3,(H,14,15,16). The van der Waals surface area contributed by atoms with Gasteiger partial charge in [-0.3, -0.25) is 10.1 Å². The highest BCUT2D eigenvalue weighted by Gasteiger charge is 2.23. The van der Waals surface area contributed by atoms with E-state index in [9.17, 15) is 10.1 Å². The van der Waals surface area contributed by atoms with Crippen LogP contribution in [0.3, 0.4) is 0 Å². The van der Waals surface area contributed by atoms with Gasteiger partial charge in [0.25, 0.3) is 0 Å². The summed E-state index contributed by atoms with van der Waals surface area (Å²) in [6, 6.07) is 7.43. The first-order valence-electron chi connectivity index (χ1n) is 5.93. The molecule has 1 N–H and O–H groups in total. The molecule has 0 aliphatic carbocycles. The molecular formula is C13H14N4O2. The molecule has 6 heteroatoms. The van der Waals surface area contributed by atoms with Crippen LogP contribution in [0.15, 0.2) is 30.6 Å². The molecule has 0 bridgehead atoms. The van der Waals surface area contributed by atoms with Crippen LogP contribution >= 0.6 is 0 Å². The zero-order chi connectivity index (χ0) is 13.8. The second kappa shape index (κ2) is 5.43. The first kappa shape index (κ1) is 12.9. The van der Waals surface area contributed by atoms with Crippen molar-refractivity contribution < 1.29 is 4.92 Å².